The zero-order valence-electron chi connectivity index (χ0n) is 23.4. The van der Waals surface area contributed by atoms with Gasteiger partial charge in [0.25, 0.3) is 5.91 Å². The third-order valence-corrected chi connectivity index (χ3v) is 6.26. The number of furan rings is 1. The number of aryl methyl sites for hydroxylation is 1. The average molecular weight is 550 g/mol. The topological polar surface area (TPSA) is 76.7 Å². The predicted octanol–water partition coefficient (Wildman–Crippen LogP) is 7.27. The summed E-state index contributed by atoms with van der Waals surface area (Å²) in [4.78, 5) is 22.2. The van der Waals surface area contributed by atoms with Crippen molar-refractivity contribution in [2.45, 2.75) is 26.7 Å². The summed E-state index contributed by atoms with van der Waals surface area (Å²) in [6, 6.07) is 21.1. The van der Waals surface area contributed by atoms with Crippen LogP contribution in [0.1, 0.15) is 47.4 Å². The van der Waals surface area contributed by atoms with Crippen LogP contribution in [-0.2, 0) is 6.42 Å². The third kappa shape index (κ3) is 7.78. The van der Waals surface area contributed by atoms with Gasteiger partial charge in [-0.1, -0.05) is 30.3 Å². The Labute approximate surface area is 239 Å². The van der Waals surface area contributed by atoms with Crippen molar-refractivity contribution in [1.82, 2.24) is 4.98 Å². The normalized spacial score (nSPS) is 11.5. The molecular weight excluding hydrogens is 517 g/mol. The van der Waals surface area contributed by atoms with Crippen LogP contribution in [0.3, 0.4) is 0 Å². The zero-order valence-corrected chi connectivity index (χ0v) is 23.4. The number of nitrogens with zero attached hydrogens (tertiary/aromatic N) is 2. The van der Waals surface area contributed by atoms with Gasteiger partial charge in [-0.05, 0) is 92.4 Å². The first-order valence-electron chi connectivity index (χ1n) is 13.4. The van der Waals surface area contributed by atoms with Crippen LogP contribution in [0.2, 0.25) is 0 Å². The molecule has 7 heteroatoms. The summed E-state index contributed by atoms with van der Waals surface area (Å²) in [6.45, 7) is 4.27. The van der Waals surface area contributed by atoms with E-state index in [1.165, 1.54) is 6.07 Å². The lowest BCUT2D eigenvalue weighted by atomic mass is 9.97. The van der Waals surface area contributed by atoms with E-state index in [2.05, 4.69) is 16.0 Å². The van der Waals surface area contributed by atoms with Crippen molar-refractivity contribution >= 4 is 22.7 Å². The lowest BCUT2D eigenvalue weighted by Crippen LogP contribution is -2.19. The minimum Gasteiger partial charge on any atom is -0.494 e. The summed E-state index contributed by atoms with van der Waals surface area (Å²) in [5.74, 6) is 0.0924. The van der Waals surface area contributed by atoms with E-state index in [9.17, 15) is 9.18 Å². The van der Waals surface area contributed by atoms with Crippen LogP contribution in [0.15, 0.2) is 113 Å². The highest BCUT2D eigenvalue weighted by Crippen LogP contribution is 2.26. The number of carbonyl (C=O) groups is 1. The summed E-state index contributed by atoms with van der Waals surface area (Å²) in [7, 11) is 1.62. The lowest BCUT2D eigenvalue weighted by Gasteiger charge is -2.08. The molecule has 0 atom stereocenters. The first kappa shape index (κ1) is 29.0. The van der Waals surface area contributed by atoms with Crippen molar-refractivity contribution in [3.8, 4) is 5.75 Å². The summed E-state index contributed by atoms with van der Waals surface area (Å²) in [5.41, 5.74) is 8.34. The summed E-state index contributed by atoms with van der Waals surface area (Å²) >= 11 is 0. The molecule has 0 bridgehead atoms. The Hall–Kier alpha value is -5.00. The maximum Gasteiger partial charge on any atom is 0.255 e. The molecule has 0 aliphatic heterocycles. The monoisotopic (exact) mass is 549 g/mol. The highest BCUT2D eigenvalue weighted by atomic mass is 19.1. The smallest absolute Gasteiger partial charge is 0.255 e. The Balaban J connectivity index is 1.68. The van der Waals surface area contributed by atoms with Crippen LogP contribution in [0.25, 0.3) is 11.1 Å². The number of carbonyl (C=O) groups excluding carboxylic acids is 1. The van der Waals surface area contributed by atoms with E-state index in [0.717, 1.165) is 11.1 Å². The van der Waals surface area contributed by atoms with Gasteiger partial charge in [0.2, 0.25) is 0 Å². The van der Waals surface area contributed by atoms with Crippen molar-refractivity contribution in [2.75, 3.05) is 19.0 Å². The van der Waals surface area contributed by atoms with Gasteiger partial charge in [-0.15, -0.1) is 5.73 Å². The van der Waals surface area contributed by atoms with E-state index in [1.807, 2.05) is 44.2 Å². The van der Waals surface area contributed by atoms with Crippen molar-refractivity contribution < 1.29 is 18.3 Å². The minimum atomic E-state index is -0.300. The summed E-state index contributed by atoms with van der Waals surface area (Å²) < 4.78 is 25.2. The fraction of sp³-hybridized carbons (Fsp3) is 0.176. The second kappa shape index (κ2) is 14.4. The Morgan fingerprint density at radius 3 is 2.66 bits per heavy atom. The quantitative estimate of drug-likeness (QED) is 0.167. The molecule has 0 spiro atoms. The number of rotatable bonds is 10. The number of allylic oxidation sites excluding steroid dienone is 3. The van der Waals surface area contributed by atoms with Gasteiger partial charge in [0.05, 0.1) is 30.5 Å². The zero-order chi connectivity index (χ0) is 29.0. The molecule has 0 radical (unpaired) electrons. The molecule has 2 aromatic carbocycles. The van der Waals surface area contributed by atoms with Crippen LogP contribution in [0.4, 0.5) is 10.1 Å². The third-order valence-electron chi connectivity index (χ3n) is 6.26. The van der Waals surface area contributed by atoms with Gasteiger partial charge in [-0.2, -0.15) is 0 Å². The second-order valence-corrected chi connectivity index (χ2v) is 9.02. The van der Waals surface area contributed by atoms with Crippen LogP contribution >= 0.6 is 0 Å². The number of anilines is 1. The molecule has 41 heavy (non-hydrogen) atoms. The number of ether oxygens (including phenoxy) is 1. The molecule has 0 saturated carbocycles. The Morgan fingerprint density at radius 2 is 1.93 bits per heavy atom. The van der Waals surface area contributed by atoms with E-state index in [0.29, 0.717) is 58.8 Å². The maximum absolute atomic E-state index is 14.3. The van der Waals surface area contributed by atoms with E-state index < -0.39 is 0 Å². The predicted molar refractivity (Wildman–Crippen MR) is 160 cm³/mol. The highest BCUT2D eigenvalue weighted by molar-refractivity contribution is 6.04. The highest BCUT2D eigenvalue weighted by Gasteiger charge is 2.12. The van der Waals surface area contributed by atoms with E-state index in [4.69, 9.17) is 14.1 Å². The van der Waals surface area contributed by atoms with Gasteiger partial charge in [0.1, 0.15) is 11.6 Å². The van der Waals surface area contributed by atoms with Crippen LogP contribution in [0, 0.1) is 5.82 Å². The fourth-order valence-electron chi connectivity index (χ4n) is 4.26. The lowest BCUT2D eigenvalue weighted by molar-refractivity contribution is 0.102. The molecule has 208 valence electrons. The number of benzene rings is 2. The minimum absolute atomic E-state index is 0.228. The van der Waals surface area contributed by atoms with Crippen molar-refractivity contribution in [2.24, 2.45) is 4.99 Å². The van der Waals surface area contributed by atoms with Gasteiger partial charge in [-0.3, -0.25) is 9.79 Å². The first-order chi connectivity index (χ1) is 20.0. The number of hydrogen-bond donors (Lipinski definition) is 1. The average Bonchev–Trinajstić information content (AvgIpc) is 3.44. The summed E-state index contributed by atoms with van der Waals surface area (Å²) in [5, 5.41) is 2.92. The van der Waals surface area contributed by atoms with Gasteiger partial charge < -0.3 is 14.5 Å². The largest absolute Gasteiger partial charge is 0.494 e. The van der Waals surface area contributed by atoms with Crippen molar-refractivity contribution in [3.05, 3.63) is 137 Å². The fourth-order valence-corrected chi connectivity index (χ4v) is 4.26. The molecule has 0 fully saturated rings. The van der Waals surface area contributed by atoms with Crippen LogP contribution in [-0.4, -0.2) is 24.5 Å². The number of aromatic nitrogens is 1. The Kier molecular flexibility index (Phi) is 10.2. The molecule has 1 N–H and O–H groups in total. The van der Waals surface area contributed by atoms with Crippen molar-refractivity contribution in [3.63, 3.8) is 0 Å². The molecule has 4 aromatic rings. The molecule has 1 amide bonds. The molecule has 0 saturated heterocycles. The molecule has 2 heterocycles. The van der Waals surface area contributed by atoms with Crippen molar-refractivity contribution in [1.29, 1.82) is 0 Å². The second-order valence-electron chi connectivity index (χ2n) is 9.02. The number of halogens is 1. The molecule has 2 aromatic heterocycles. The number of hydrogen-bond acceptors (Lipinski definition) is 5. The maximum atomic E-state index is 14.3. The van der Waals surface area contributed by atoms with Gasteiger partial charge in [0, 0.05) is 23.7 Å². The van der Waals surface area contributed by atoms with E-state index in [1.54, 1.807) is 68.1 Å². The van der Waals surface area contributed by atoms with Crippen LogP contribution in [0.5, 0.6) is 5.75 Å². The Bertz CT molecular complexity index is 1670. The van der Waals surface area contributed by atoms with Gasteiger partial charge in [0.15, 0.2) is 5.49 Å². The standard InChI is InChI=1S/C34H32FN3O3/c1-4-10-26(21-25(28-19-20-40-23-28)18-17-24-11-6-7-14-30(24)35)31-15-9-16-32(33(36-3)37-31)38-34(39)27-12-8-13-29(22-27)41-5-2/h4,6-9,11-16,19-23H,5,17-18H2,1-3H3,(H,36,37,38,39)/b25-21+. The summed E-state index contributed by atoms with van der Waals surface area (Å²) in [6.07, 6.45) is 8.14. The first-order valence-corrected chi connectivity index (χ1v) is 13.4. The van der Waals surface area contributed by atoms with E-state index in [-0.39, 0.29) is 11.7 Å². The van der Waals surface area contributed by atoms with E-state index >= 15 is 0 Å². The molecule has 0 aliphatic rings. The SMILES string of the molecule is CC=C=C(/C=C(\CCc1ccccc1F)c1ccoc1)c1cccc(NC(=O)c2cccc(OCC)c2)c(=NC)n1. The Morgan fingerprint density at radius 1 is 1.10 bits per heavy atom. The molecule has 0 aliphatic carbocycles. The van der Waals surface area contributed by atoms with Gasteiger partial charge >= 0.3 is 0 Å². The van der Waals surface area contributed by atoms with Gasteiger partial charge in [-0.25, -0.2) is 9.37 Å². The number of amides is 1. The van der Waals surface area contributed by atoms with Crippen LogP contribution < -0.4 is 15.5 Å². The molecule has 4 rings (SSSR count). The molecule has 6 nitrogen and oxygen atoms in total. The molecule has 0 unspecified atom stereocenters. The number of nitrogens with one attached hydrogen (secondary N) is 1. The molecular formula is C34H32FN3O3.